The van der Waals surface area contributed by atoms with E-state index in [1.54, 1.807) is 19.2 Å². The molecule has 0 bridgehead atoms. The van der Waals surface area contributed by atoms with Gasteiger partial charge in [0, 0.05) is 6.42 Å². The van der Waals surface area contributed by atoms with E-state index in [4.69, 9.17) is 10.5 Å². The van der Waals surface area contributed by atoms with Gasteiger partial charge in [-0.25, -0.2) is 4.39 Å². The average molecular weight is 395 g/mol. The van der Waals surface area contributed by atoms with Crippen molar-refractivity contribution in [1.82, 2.24) is 5.32 Å². The Hall–Kier alpha value is -2.11. The molecule has 0 saturated carbocycles. The zero-order valence-corrected chi connectivity index (χ0v) is 16.4. The molecule has 3 N–H and O–H groups in total. The fourth-order valence-electron chi connectivity index (χ4n) is 2.83. The van der Waals surface area contributed by atoms with E-state index in [1.807, 2.05) is 24.3 Å². The number of carbonyl (C=O) groups is 1. The third-order valence-electron chi connectivity index (χ3n) is 4.32. The molecule has 0 aliphatic carbocycles. The highest BCUT2D eigenvalue weighted by atomic mass is 35.5. The van der Waals surface area contributed by atoms with Crippen molar-refractivity contribution in [3.63, 3.8) is 0 Å². The fraction of sp³-hybridized carbons (Fsp3) is 0.381. The van der Waals surface area contributed by atoms with Crippen LogP contribution in [0.25, 0.3) is 0 Å². The summed E-state index contributed by atoms with van der Waals surface area (Å²) in [6.07, 6.45) is 4.34. The summed E-state index contributed by atoms with van der Waals surface area (Å²) in [7, 11) is 1.61. The molecule has 1 atom stereocenters. The van der Waals surface area contributed by atoms with Crippen molar-refractivity contribution < 1.29 is 13.9 Å². The Kier molecular flexibility index (Phi) is 10.5. The normalized spacial score (nSPS) is 11.4. The zero-order chi connectivity index (χ0) is 18.8. The minimum atomic E-state index is -0.321. The number of ether oxygens (including phenoxy) is 1. The molecule has 148 valence electrons. The van der Waals surface area contributed by atoms with Crippen molar-refractivity contribution in [2.45, 2.75) is 38.1 Å². The van der Waals surface area contributed by atoms with E-state index in [0.717, 1.165) is 42.6 Å². The van der Waals surface area contributed by atoms with Crippen LogP contribution in [0, 0.1) is 5.82 Å². The smallest absolute Gasteiger partial charge is 0.220 e. The summed E-state index contributed by atoms with van der Waals surface area (Å²) in [6, 6.07) is 13.4. The number of methoxy groups -OCH3 is 1. The third-order valence-corrected chi connectivity index (χ3v) is 4.32. The molecule has 0 aliphatic heterocycles. The quantitative estimate of drug-likeness (QED) is 0.588. The van der Waals surface area contributed by atoms with Gasteiger partial charge in [-0.1, -0.05) is 37.1 Å². The van der Waals surface area contributed by atoms with Gasteiger partial charge >= 0.3 is 0 Å². The Morgan fingerprint density at radius 2 is 1.56 bits per heavy atom. The first kappa shape index (κ1) is 22.9. The number of benzene rings is 2. The summed E-state index contributed by atoms with van der Waals surface area (Å²) in [5.41, 5.74) is 7.25. The number of nitrogens with one attached hydrogen (secondary N) is 1. The summed E-state index contributed by atoms with van der Waals surface area (Å²) in [6.45, 7) is 0.691. The van der Waals surface area contributed by atoms with Gasteiger partial charge in [-0.15, -0.1) is 12.4 Å². The van der Waals surface area contributed by atoms with Gasteiger partial charge in [-0.05, 0) is 54.8 Å². The molecule has 0 spiro atoms. The van der Waals surface area contributed by atoms with E-state index in [1.165, 1.54) is 12.1 Å². The molecule has 0 aromatic heterocycles. The van der Waals surface area contributed by atoms with Crippen LogP contribution in [0.5, 0.6) is 5.75 Å². The van der Waals surface area contributed by atoms with Crippen molar-refractivity contribution >= 4 is 18.3 Å². The van der Waals surface area contributed by atoms with E-state index >= 15 is 0 Å². The van der Waals surface area contributed by atoms with E-state index in [9.17, 15) is 9.18 Å². The number of rotatable bonds is 10. The Morgan fingerprint density at radius 1 is 1.00 bits per heavy atom. The summed E-state index contributed by atoms with van der Waals surface area (Å²) >= 11 is 0. The summed E-state index contributed by atoms with van der Waals surface area (Å²) in [5.74, 6) is 0.439. The Morgan fingerprint density at radius 3 is 2.11 bits per heavy atom. The highest BCUT2D eigenvalue weighted by molar-refractivity contribution is 5.85. The lowest BCUT2D eigenvalue weighted by Crippen LogP contribution is -2.29. The van der Waals surface area contributed by atoms with Crippen LogP contribution in [0.2, 0.25) is 0 Å². The first-order chi connectivity index (χ1) is 12.6. The van der Waals surface area contributed by atoms with Crippen molar-refractivity contribution in [1.29, 1.82) is 0 Å². The standard InChI is InChI=1S/C21H27FN2O2.ClH/c1-26-19-13-9-17(10-14-19)21(16-7-11-18(22)12-8-16)24-20(25)6-4-2-3-5-15-23;/h7-14,21H,2-6,15,23H2,1H3,(H,24,25);1H. The first-order valence-electron chi connectivity index (χ1n) is 9.03. The van der Waals surface area contributed by atoms with Crippen molar-refractivity contribution in [2.75, 3.05) is 13.7 Å². The molecular weight excluding hydrogens is 367 g/mol. The van der Waals surface area contributed by atoms with Crippen LogP contribution in [0.1, 0.15) is 49.3 Å². The van der Waals surface area contributed by atoms with Gasteiger partial charge in [-0.3, -0.25) is 4.79 Å². The van der Waals surface area contributed by atoms with Crippen LogP contribution >= 0.6 is 12.4 Å². The lowest BCUT2D eigenvalue weighted by Gasteiger charge is -2.20. The van der Waals surface area contributed by atoms with E-state index in [0.29, 0.717) is 13.0 Å². The van der Waals surface area contributed by atoms with Crippen molar-refractivity contribution in [2.24, 2.45) is 5.73 Å². The number of halogens is 2. The maximum atomic E-state index is 13.3. The monoisotopic (exact) mass is 394 g/mol. The van der Waals surface area contributed by atoms with Crippen LogP contribution in [-0.4, -0.2) is 19.6 Å². The molecule has 1 unspecified atom stereocenters. The molecule has 6 heteroatoms. The van der Waals surface area contributed by atoms with Gasteiger partial charge in [0.25, 0.3) is 0 Å². The molecule has 0 saturated heterocycles. The number of unbranched alkanes of at least 4 members (excludes halogenated alkanes) is 3. The number of amides is 1. The highest BCUT2D eigenvalue weighted by Crippen LogP contribution is 2.25. The molecule has 2 aromatic rings. The molecule has 0 fully saturated rings. The van der Waals surface area contributed by atoms with Gasteiger partial charge in [0.05, 0.1) is 13.2 Å². The predicted octanol–water partition coefficient (Wildman–Crippen LogP) is 4.37. The maximum Gasteiger partial charge on any atom is 0.220 e. The SMILES string of the molecule is COc1ccc(C(NC(=O)CCCCCCN)c2ccc(F)cc2)cc1.Cl. The minimum Gasteiger partial charge on any atom is -0.497 e. The van der Waals surface area contributed by atoms with Crippen LogP contribution < -0.4 is 15.8 Å². The van der Waals surface area contributed by atoms with Crippen molar-refractivity contribution in [3.05, 3.63) is 65.5 Å². The predicted molar refractivity (Wildman–Crippen MR) is 109 cm³/mol. The largest absolute Gasteiger partial charge is 0.497 e. The van der Waals surface area contributed by atoms with Crippen LogP contribution in [-0.2, 0) is 4.79 Å². The maximum absolute atomic E-state index is 13.3. The van der Waals surface area contributed by atoms with Gasteiger partial charge in [-0.2, -0.15) is 0 Å². The molecular formula is C21H28ClFN2O2. The summed E-state index contributed by atoms with van der Waals surface area (Å²) < 4.78 is 18.5. The second-order valence-electron chi connectivity index (χ2n) is 6.28. The second kappa shape index (κ2) is 12.3. The number of hydrogen-bond acceptors (Lipinski definition) is 3. The van der Waals surface area contributed by atoms with Crippen LogP contribution in [0.15, 0.2) is 48.5 Å². The van der Waals surface area contributed by atoms with Gasteiger partial charge < -0.3 is 15.8 Å². The fourth-order valence-corrected chi connectivity index (χ4v) is 2.83. The molecule has 2 aromatic carbocycles. The molecule has 1 amide bonds. The molecule has 2 rings (SSSR count). The lowest BCUT2D eigenvalue weighted by molar-refractivity contribution is -0.121. The number of hydrogen-bond donors (Lipinski definition) is 2. The Bertz CT molecular complexity index is 678. The zero-order valence-electron chi connectivity index (χ0n) is 15.6. The average Bonchev–Trinajstić information content (AvgIpc) is 2.67. The highest BCUT2D eigenvalue weighted by Gasteiger charge is 2.17. The second-order valence-corrected chi connectivity index (χ2v) is 6.28. The topological polar surface area (TPSA) is 64.3 Å². The van der Waals surface area contributed by atoms with E-state index in [-0.39, 0.29) is 30.2 Å². The van der Waals surface area contributed by atoms with E-state index < -0.39 is 0 Å². The van der Waals surface area contributed by atoms with Gasteiger partial charge in [0.2, 0.25) is 5.91 Å². The summed E-state index contributed by atoms with van der Waals surface area (Å²) in [5, 5.41) is 3.07. The molecule has 4 nitrogen and oxygen atoms in total. The Balaban J connectivity index is 0.00000364. The van der Waals surface area contributed by atoms with Gasteiger partial charge in [0.15, 0.2) is 0 Å². The molecule has 0 heterocycles. The van der Waals surface area contributed by atoms with Crippen LogP contribution in [0.4, 0.5) is 4.39 Å². The third kappa shape index (κ3) is 7.57. The van der Waals surface area contributed by atoms with E-state index in [2.05, 4.69) is 5.32 Å². The van der Waals surface area contributed by atoms with Gasteiger partial charge in [0.1, 0.15) is 11.6 Å². The summed E-state index contributed by atoms with van der Waals surface area (Å²) in [4.78, 5) is 12.4. The minimum absolute atomic E-state index is 0. The Labute approximate surface area is 166 Å². The van der Waals surface area contributed by atoms with Crippen LogP contribution in [0.3, 0.4) is 0 Å². The lowest BCUT2D eigenvalue weighted by atomic mass is 9.98. The first-order valence-corrected chi connectivity index (χ1v) is 9.03. The molecule has 0 aliphatic rings. The number of carbonyl (C=O) groups excluding carboxylic acids is 1. The van der Waals surface area contributed by atoms with Crippen molar-refractivity contribution in [3.8, 4) is 5.75 Å². The molecule has 27 heavy (non-hydrogen) atoms. The molecule has 0 radical (unpaired) electrons. The number of nitrogens with two attached hydrogens (primary N) is 1.